The predicted octanol–water partition coefficient (Wildman–Crippen LogP) is 2.83. The molecule has 2 unspecified atom stereocenters. The number of nitrogens with one attached hydrogen (secondary N) is 1. The maximum atomic E-state index is 5.21. The molecule has 0 aromatic heterocycles. The minimum atomic E-state index is 0.685. The monoisotopic (exact) mass is 213 g/mol. The van der Waals surface area contributed by atoms with Crippen molar-refractivity contribution in [3.05, 3.63) is 0 Å². The van der Waals surface area contributed by atoms with E-state index in [0.717, 1.165) is 18.6 Å². The molecule has 0 aliphatic heterocycles. The third-order valence-corrected chi connectivity index (χ3v) is 3.48. The second-order valence-electron chi connectivity index (χ2n) is 5.05. The lowest BCUT2D eigenvalue weighted by atomic mass is 9.77. The Morgan fingerprint density at radius 2 is 2.13 bits per heavy atom. The Morgan fingerprint density at radius 3 is 2.60 bits per heavy atom. The summed E-state index contributed by atoms with van der Waals surface area (Å²) in [5.74, 6) is 1.63. The van der Waals surface area contributed by atoms with Crippen LogP contribution in [0.4, 0.5) is 0 Å². The molecule has 90 valence electrons. The first-order valence-electron chi connectivity index (χ1n) is 6.50. The fraction of sp³-hybridized carbons (Fsp3) is 1.00. The minimum Gasteiger partial charge on any atom is -0.384 e. The first-order valence-corrected chi connectivity index (χ1v) is 6.50. The van der Waals surface area contributed by atoms with Gasteiger partial charge in [0.15, 0.2) is 0 Å². The van der Waals surface area contributed by atoms with Crippen molar-refractivity contribution in [2.45, 2.75) is 52.0 Å². The third kappa shape index (κ3) is 4.52. The van der Waals surface area contributed by atoms with E-state index in [9.17, 15) is 0 Å². The van der Waals surface area contributed by atoms with Gasteiger partial charge in [-0.3, -0.25) is 0 Å². The van der Waals surface area contributed by atoms with Gasteiger partial charge in [-0.15, -0.1) is 0 Å². The van der Waals surface area contributed by atoms with Crippen molar-refractivity contribution in [2.75, 3.05) is 20.3 Å². The van der Waals surface area contributed by atoms with Crippen LogP contribution in [0.1, 0.15) is 46.0 Å². The largest absolute Gasteiger partial charge is 0.384 e. The minimum absolute atomic E-state index is 0.685. The predicted molar refractivity (Wildman–Crippen MR) is 65.1 cm³/mol. The molecule has 15 heavy (non-hydrogen) atoms. The summed E-state index contributed by atoms with van der Waals surface area (Å²) in [6.07, 6.45) is 6.82. The Bertz CT molecular complexity index is 157. The SMILES string of the molecule is CCCNC(CC(C)COC)C1CCC1. The molecular formula is C13H27NO. The lowest BCUT2D eigenvalue weighted by Gasteiger charge is -2.36. The van der Waals surface area contributed by atoms with E-state index >= 15 is 0 Å². The van der Waals surface area contributed by atoms with Gasteiger partial charge >= 0.3 is 0 Å². The van der Waals surface area contributed by atoms with Gasteiger partial charge in [-0.05, 0) is 44.1 Å². The first-order chi connectivity index (χ1) is 7.27. The summed E-state index contributed by atoms with van der Waals surface area (Å²) in [4.78, 5) is 0. The van der Waals surface area contributed by atoms with Crippen LogP contribution in [0.25, 0.3) is 0 Å². The van der Waals surface area contributed by atoms with E-state index in [1.54, 1.807) is 7.11 Å². The molecule has 0 amide bonds. The van der Waals surface area contributed by atoms with Crippen LogP contribution in [-0.2, 0) is 4.74 Å². The van der Waals surface area contributed by atoms with Gasteiger partial charge in [0.1, 0.15) is 0 Å². The number of hydrogen-bond donors (Lipinski definition) is 1. The zero-order chi connectivity index (χ0) is 11.1. The van der Waals surface area contributed by atoms with Gasteiger partial charge in [-0.25, -0.2) is 0 Å². The molecule has 1 fully saturated rings. The van der Waals surface area contributed by atoms with Crippen LogP contribution < -0.4 is 5.32 Å². The van der Waals surface area contributed by atoms with Crippen molar-refractivity contribution in [1.29, 1.82) is 0 Å². The van der Waals surface area contributed by atoms with Gasteiger partial charge in [-0.1, -0.05) is 20.3 Å². The molecule has 0 heterocycles. The van der Waals surface area contributed by atoms with Crippen LogP contribution in [0.2, 0.25) is 0 Å². The quantitative estimate of drug-likeness (QED) is 0.669. The molecule has 0 bridgehead atoms. The molecule has 2 nitrogen and oxygen atoms in total. The van der Waals surface area contributed by atoms with Crippen LogP contribution in [0, 0.1) is 11.8 Å². The smallest absolute Gasteiger partial charge is 0.0488 e. The molecule has 1 saturated carbocycles. The molecule has 2 heteroatoms. The summed E-state index contributed by atoms with van der Waals surface area (Å²) in [6, 6.07) is 0.740. The molecular weight excluding hydrogens is 186 g/mol. The van der Waals surface area contributed by atoms with E-state index in [1.807, 2.05) is 0 Å². The van der Waals surface area contributed by atoms with Crippen molar-refractivity contribution in [1.82, 2.24) is 5.32 Å². The number of hydrogen-bond acceptors (Lipinski definition) is 2. The summed E-state index contributed by atoms with van der Waals surface area (Å²) in [5.41, 5.74) is 0. The highest BCUT2D eigenvalue weighted by molar-refractivity contribution is 4.83. The summed E-state index contributed by atoms with van der Waals surface area (Å²) < 4.78 is 5.21. The molecule has 2 atom stereocenters. The average Bonchev–Trinajstić information content (AvgIpc) is 2.11. The molecule has 0 radical (unpaired) electrons. The lowest BCUT2D eigenvalue weighted by Crippen LogP contribution is -2.41. The van der Waals surface area contributed by atoms with Gasteiger partial charge < -0.3 is 10.1 Å². The Kier molecular flexibility index (Phi) is 6.26. The Morgan fingerprint density at radius 1 is 1.40 bits per heavy atom. The molecule has 1 rings (SSSR count). The third-order valence-electron chi connectivity index (χ3n) is 3.48. The van der Waals surface area contributed by atoms with Crippen LogP contribution in [0.15, 0.2) is 0 Å². The van der Waals surface area contributed by atoms with Crippen molar-refractivity contribution < 1.29 is 4.74 Å². The molecule has 0 aromatic carbocycles. The van der Waals surface area contributed by atoms with E-state index in [0.29, 0.717) is 5.92 Å². The van der Waals surface area contributed by atoms with Gasteiger partial charge in [0.2, 0.25) is 0 Å². The highest BCUT2D eigenvalue weighted by Gasteiger charge is 2.27. The highest BCUT2D eigenvalue weighted by atomic mass is 16.5. The van der Waals surface area contributed by atoms with Crippen LogP contribution in [-0.4, -0.2) is 26.3 Å². The molecule has 1 aliphatic carbocycles. The van der Waals surface area contributed by atoms with Gasteiger partial charge in [0.05, 0.1) is 0 Å². The van der Waals surface area contributed by atoms with Gasteiger partial charge in [-0.2, -0.15) is 0 Å². The Balaban J connectivity index is 2.27. The van der Waals surface area contributed by atoms with Crippen molar-refractivity contribution in [3.8, 4) is 0 Å². The fourth-order valence-corrected chi connectivity index (χ4v) is 2.40. The molecule has 0 spiro atoms. The highest BCUT2D eigenvalue weighted by Crippen LogP contribution is 2.32. The summed E-state index contributed by atoms with van der Waals surface area (Å²) in [7, 11) is 1.80. The molecule has 0 saturated heterocycles. The summed E-state index contributed by atoms with van der Waals surface area (Å²) in [5, 5.41) is 3.71. The van der Waals surface area contributed by atoms with Crippen LogP contribution >= 0.6 is 0 Å². The van der Waals surface area contributed by atoms with Gasteiger partial charge in [0, 0.05) is 19.8 Å². The lowest BCUT2D eigenvalue weighted by molar-refractivity contribution is 0.130. The Labute approximate surface area is 94.8 Å². The number of ether oxygens (including phenoxy) is 1. The van der Waals surface area contributed by atoms with Gasteiger partial charge in [0.25, 0.3) is 0 Å². The standard InChI is InChI=1S/C13H27NO/c1-4-8-14-13(12-6-5-7-12)9-11(2)10-15-3/h11-14H,4-10H2,1-3H3. The zero-order valence-corrected chi connectivity index (χ0v) is 10.6. The fourth-order valence-electron chi connectivity index (χ4n) is 2.40. The molecule has 1 N–H and O–H groups in total. The van der Waals surface area contributed by atoms with E-state index in [4.69, 9.17) is 4.74 Å². The summed E-state index contributed by atoms with van der Waals surface area (Å²) >= 11 is 0. The van der Waals surface area contributed by atoms with E-state index in [2.05, 4.69) is 19.2 Å². The molecule has 1 aliphatic rings. The second-order valence-corrected chi connectivity index (χ2v) is 5.05. The summed E-state index contributed by atoms with van der Waals surface area (Å²) in [6.45, 7) is 6.60. The average molecular weight is 213 g/mol. The first kappa shape index (κ1) is 13.0. The number of rotatable bonds is 8. The normalized spacial score (nSPS) is 21.0. The van der Waals surface area contributed by atoms with Crippen LogP contribution in [0.5, 0.6) is 0 Å². The van der Waals surface area contributed by atoms with Crippen molar-refractivity contribution in [2.24, 2.45) is 11.8 Å². The van der Waals surface area contributed by atoms with E-state index < -0.39 is 0 Å². The second kappa shape index (κ2) is 7.24. The van der Waals surface area contributed by atoms with E-state index in [1.165, 1.54) is 38.6 Å². The Hall–Kier alpha value is -0.0800. The van der Waals surface area contributed by atoms with Crippen molar-refractivity contribution >= 4 is 0 Å². The number of methoxy groups -OCH3 is 1. The van der Waals surface area contributed by atoms with E-state index in [-0.39, 0.29) is 0 Å². The topological polar surface area (TPSA) is 21.3 Å². The van der Waals surface area contributed by atoms with Crippen LogP contribution in [0.3, 0.4) is 0 Å². The maximum absolute atomic E-state index is 5.21. The maximum Gasteiger partial charge on any atom is 0.0488 e. The zero-order valence-electron chi connectivity index (χ0n) is 10.6. The molecule has 0 aromatic rings. The van der Waals surface area contributed by atoms with Crippen molar-refractivity contribution in [3.63, 3.8) is 0 Å².